The highest BCUT2D eigenvalue weighted by molar-refractivity contribution is 6.45. The molecule has 170 valence electrons. The van der Waals surface area contributed by atoms with Crippen molar-refractivity contribution in [3.63, 3.8) is 0 Å². The Kier molecular flexibility index (Phi) is 7.66. The van der Waals surface area contributed by atoms with Gasteiger partial charge in [-0.25, -0.2) is 4.90 Å². The Labute approximate surface area is 189 Å². The summed E-state index contributed by atoms with van der Waals surface area (Å²) in [4.78, 5) is 30.5. The molecule has 0 fully saturated rings. The first-order chi connectivity index (χ1) is 15.4. The molecule has 7 heteroatoms. The average Bonchev–Trinajstić information content (AvgIpc) is 3.06. The summed E-state index contributed by atoms with van der Waals surface area (Å²) in [7, 11) is 4.80. The normalized spacial score (nSPS) is 13.8. The summed E-state index contributed by atoms with van der Waals surface area (Å²) in [5.74, 6) is -0.0242. The summed E-state index contributed by atoms with van der Waals surface area (Å²) in [5, 5.41) is 0. The van der Waals surface area contributed by atoms with Crippen molar-refractivity contribution in [3.05, 3.63) is 64.9 Å². The molecule has 0 N–H and O–H groups in total. The van der Waals surface area contributed by atoms with Crippen LogP contribution in [0.15, 0.2) is 48.2 Å². The smallest absolute Gasteiger partial charge is 0.282 e. The fourth-order valence-corrected chi connectivity index (χ4v) is 3.67. The second-order valence-electron chi connectivity index (χ2n) is 7.64. The van der Waals surface area contributed by atoms with Crippen molar-refractivity contribution in [1.82, 2.24) is 4.90 Å². The molecule has 0 saturated carbocycles. The summed E-state index contributed by atoms with van der Waals surface area (Å²) in [6, 6.07) is 12.8. The maximum absolute atomic E-state index is 13.7. The van der Waals surface area contributed by atoms with Crippen LogP contribution in [-0.2, 0) is 19.1 Å². The molecule has 2 aromatic carbocycles. The van der Waals surface area contributed by atoms with Crippen molar-refractivity contribution in [1.29, 1.82) is 0 Å². The molecule has 0 spiro atoms. The van der Waals surface area contributed by atoms with E-state index >= 15 is 0 Å². The molecule has 3 rings (SSSR count). The molecular formula is C25H30N2O5. The number of carbonyl (C=O) groups is 2. The molecule has 1 heterocycles. The number of imide groups is 1. The minimum Gasteiger partial charge on any atom is -0.497 e. The van der Waals surface area contributed by atoms with E-state index in [1.807, 2.05) is 30.9 Å². The van der Waals surface area contributed by atoms with Gasteiger partial charge in [-0.1, -0.05) is 18.2 Å². The zero-order valence-electron chi connectivity index (χ0n) is 19.3. The fraction of sp³-hybridized carbons (Fsp3) is 0.360. The first-order valence-corrected chi connectivity index (χ1v) is 10.5. The predicted octanol–water partition coefficient (Wildman–Crippen LogP) is 3.19. The maximum atomic E-state index is 13.7. The van der Waals surface area contributed by atoms with Crippen molar-refractivity contribution in [2.24, 2.45) is 0 Å². The van der Waals surface area contributed by atoms with Gasteiger partial charge in [0.05, 0.1) is 31.6 Å². The topological polar surface area (TPSA) is 68.3 Å². The number of anilines is 1. The molecule has 0 unspecified atom stereocenters. The Morgan fingerprint density at radius 2 is 1.44 bits per heavy atom. The van der Waals surface area contributed by atoms with E-state index in [2.05, 4.69) is 0 Å². The lowest BCUT2D eigenvalue weighted by Gasteiger charge is -2.25. The Morgan fingerprint density at radius 1 is 0.812 bits per heavy atom. The van der Waals surface area contributed by atoms with Crippen LogP contribution in [0.2, 0.25) is 0 Å². The third-order valence-electron chi connectivity index (χ3n) is 5.63. The molecule has 0 atom stereocenters. The zero-order valence-corrected chi connectivity index (χ0v) is 19.3. The third kappa shape index (κ3) is 4.69. The Morgan fingerprint density at radius 3 is 1.97 bits per heavy atom. The van der Waals surface area contributed by atoms with E-state index in [-0.39, 0.29) is 11.8 Å². The summed E-state index contributed by atoms with van der Waals surface area (Å²) in [6.45, 7) is 5.69. The van der Waals surface area contributed by atoms with E-state index in [1.54, 1.807) is 51.7 Å². The molecule has 1 aliphatic rings. The van der Waals surface area contributed by atoms with Gasteiger partial charge in [-0.15, -0.1) is 0 Å². The number of aryl methyl sites for hydroxylation is 2. The monoisotopic (exact) mass is 438 g/mol. The van der Waals surface area contributed by atoms with Gasteiger partial charge < -0.3 is 19.1 Å². The molecule has 1 aliphatic heterocycles. The highest BCUT2D eigenvalue weighted by Crippen LogP contribution is 2.35. The van der Waals surface area contributed by atoms with E-state index in [0.29, 0.717) is 54.6 Å². The van der Waals surface area contributed by atoms with Crippen LogP contribution in [0.1, 0.15) is 16.7 Å². The highest BCUT2D eigenvalue weighted by atomic mass is 16.5. The standard InChI is InChI=1S/C25H30N2O5/c1-17-6-9-20(16-18(17)2)27-24(28)22(19-7-10-21(32-5)11-8-19)23(25(27)29)26(12-14-30-3)13-15-31-4/h6-11,16H,12-15H2,1-5H3. The Hall–Kier alpha value is -3.16. The number of ether oxygens (including phenoxy) is 3. The van der Waals surface area contributed by atoms with Crippen LogP contribution in [0.5, 0.6) is 5.75 Å². The van der Waals surface area contributed by atoms with Gasteiger partial charge in [0.1, 0.15) is 11.4 Å². The number of carbonyl (C=O) groups excluding carboxylic acids is 2. The minimum absolute atomic E-state index is 0.349. The van der Waals surface area contributed by atoms with Gasteiger partial charge in [-0.05, 0) is 54.8 Å². The van der Waals surface area contributed by atoms with Gasteiger partial charge in [0, 0.05) is 27.3 Å². The van der Waals surface area contributed by atoms with Crippen molar-refractivity contribution in [3.8, 4) is 5.75 Å². The number of nitrogens with zero attached hydrogens (tertiary/aromatic N) is 2. The van der Waals surface area contributed by atoms with Crippen LogP contribution in [0.25, 0.3) is 5.57 Å². The van der Waals surface area contributed by atoms with E-state index in [9.17, 15) is 9.59 Å². The largest absolute Gasteiger partial charge is 0.497 e. The SMILES string of the molecule is COCCN(CCOC)C1=C(c2ccc(OC)cc2)C(=O)N(c2ccc(C)c(C)c2)C1=O. The molecular weight excluding hydrogens is 408 g/mol. The van der Waals surface area contributed by atoms with Crippen LogP contribution in [-0.4, -0.2) is 64.3 Å². The molecule has 7 nitrogen and oxygen atoms in total. The van der Waals surface area contributed by atoms with E-state index in [4.69, 9.17) is 14.2 Å². The van der Waals surface area contributed by atoms with Gasteiger partial charge in [-0.2, -0.15) is 0 Å². The van der Waals surface area contributed by atoms with Crippen molar-refractivity contribution >= 4 is 23.1 Å². The first-order valence-electron chi connectivity index (χ1n) is 10.5. The van der Waals surface area contributed by atoms with E-state index in [0.717, 1.165) is 11.1 Å². The molecule has 0 radical (unpaired) electrons. The number of hydrogen-bond acceptors (Lipinski definition) is 6. The molecule has 2 amide bonds. The zero-order chi connectivity index (χ0) is 23.3. The van der Waals surface area contributed by atoms with Crippen molar-refractivity contribution in [2.75, 3.05) is 52.5 Å². The van der Waals surface area contributed by atoms with E-state index in [1.165, 1.54) is 4.90 Å². The predicted molar refractivity (Wildman–Crippen MR) is 124 cm³/mol. The van der Waals surface area contributed by atoms with Crippen LogP contribution in [0.3, 0.4) is 0 Å². The number of rotatable bonds is 10. The molecule has 0 aliphatic carbocycles. The van der Waals surface area contributed by atoms with Crippen LogP contribution < -0.4 is 9.64 Å². The molecule has 32 heavy (non-hydrogen) atoms. The van der Waals surface area contributed by atoms with Crippen molar-refractivity contribution < 1.29 is 23.8 Å². The number of amides is 2. The minimum atomic E-state index is -0.351. The summed E-state index contributed by atoms with van der Waals surface area (Å²) < 4.78 is 15.8. The summed E-state index contributed by atoms with van der Waals surface area (Å²) in [5.41, 5.74) is 4.04. The van der Waals surface area contributed by atoms with Gasteiger partial charge in [0.25, 0.3) is 11.8 Å². The Bertz CT molecular complexity index is 1010. The number of hydrogen-bond donors (Lipinski definition) is 0. The lowest BCUT2D eigenvalue weighted by atomic mass is 10.0. The molecule has 0 aromatic heterocycles. The van der Waals surface area contributed by atoms with Crippen LogP contribution >= 0.6 is 0 Å². The molecule has 0 bridgehead atoms. The average molecular weight is 439 g/mol. The fourth-order valence-electron chi connectivity index (χ4n) is 3.67. The molecule has 0 saturated heterocycles. The van der Waals surface area contributed by atoms with Gasteiger partial charge in [0.2, 0.25) is 0 Å². The van der Waals surface area contributed by atoms with E-state index < -0.39 is 0 Å². The first kappa shape index (κ1) is 23.5. The summed E-state index contributed by atoms with van der Waals surface area (Å²) >= 11 is 0. The third-order valence-corrected chi connectivity index (χ3v) is 5.63. The number of benzene rings is 2. The van der Waals surface area contributed by atoms with Gasteiger partial charge in [0.15, 0.2) is 0 Å². The lowest BCUT2D eigenvalue weighted by Crippen LogP contribution is -2.37. The molecule has 2 aromatic rings. The second-order valence-corrected chi connectivity index (χ2v) is 7.64. The highest BCUT2D eigenvalue weighted by Gasteiger charge is 2.42. The van der Waals surface area contributed by atoms with Gasteiger partial charge >= 0.3 is 0 Å². The maximum Gasteiger partial charge on any atom is 0.282 e. The van der Waals surface area contributed by atoms with Crippen LogP contribution in [0.4, 0.5) is 5.69 Å². The number of methoxy groups -OCH3 is 3. The Balaban J connectivity index is 2.13. The second kappa shape index (κ2) is 10.4. The van der Waals surface area contributed by atoms with Gasteiger partial charge in [-0.3, -0.25) is 9.59 Å². The lowest BCUT2D eigenvalue weighted by molar-refractivity contribution is -0.120. The quantitative estimate of drug-likeness (QED) is 0.531. The van der Waals surface area contributed by atoms with Crippen molar-refractivity contribution in [2.45, 2.75) is 13.8 Å². The summed E-state index contributed by atoms with van der Waals surface area (Å²) in [6.07, 6.45) is 0. The van der Waals surface area contributed by atoms with Crippen LogP contribution in [0, 0.1) is 13.8 Å².